The molecule has 3 rings (SSSR count). The number of hydrogen-bond acceptors (Lipinski definition) is 2. The van der Waals surface area contributed by atoms with E-state index >= 15 is 0 Å². The molecule has 0 N–H and O–H groups in total. The molecule has 3 aromatic heterocycles. The quantitative estimate of drug-likeness (QED) is 0.533. The lowest BCUT2D eigenvalue weighted by Gasteiger charge is -1.92. The molecule has 3 heterocycles. The topological polar surface area (TPSA) is 35.1 Å². The van der Waals surface area contributed by atoms with Gasteiger partial charge in [0, 0.05) is 13.2 Å². The lowest BCUT2D eigenvalue weighted by atomic mass is 10.5. The molecular formula is C10H10N4. The van der Waals surface area contributed by atoms with Gasteiger partial charge in [-0.3, -0.25) is 4.40 Å². The Morgan fingerprint density at radius 2 is 2.00 bits per heavy atom. The van der Waals surface area contributed by atoms with E-state index in [2.05, 4.69) is 9.97 Å². The maximum atomic E-state index is 4.50. The molecule has 3 aromatic rings. The van der Waals surface area contributed by atoms with Crippen molar-refractivity contribution in [1.82, 2.24) is 18.9 Å². The lowest BCUT2D eigenvalue weighted by Crippen LogP contribution is -1.91. The predicted molar refractivity (Wildman–Crippen MR) is 54.2 cm³/mol. The number of aryl methyl sites for hydroxylation is 2. The summed E-state index contributed by atoms with van der Waals surface area (Å²) < 4.78 is 4.00. The zero-order chi connectivity index (χ0) is 9.71. The van der Waals surface area contributed by atoms with Crippen molar-refractivity contribution in [2.24, 2.45) is 7.05 Å². The molecule has 4 heteroatoms. The second kappa shape index (κ2) is 2.35. The molecule has 0 amide bonds. The second-order valence-corrected chi connectivity index (χ2v) is 3.41. The highest BCUT2D eigenvalue weighted by molar-refractivity contribution is 5.74. The standard InChI is InChI=1S/C10H10N4/c1-7-11-10-9(13(7)2)12-8-5-3-4-6-14(8)10/h3-6H,1-2H3. The van der Waals surface area contributed by atoms with Crippen LogP contribution >= 0.6 is 0 Å². The minimum absolute atomic E-state index is 0.931. The van der Waals surface area contributed by atoms with Crippen LogP contribution in [0.1, 0.15) is 5.82 Å². The molecule has 0 saturated carbocycles. The van der Waals surface area contributed by atoms with E-state index in [1.54, 1.807) is 0 Å². The molecule has 0 aliphatic heterocycles. The number of imidazole rings is 2. The molecule has 4 nitrogen and oxygen atoms in total. The Hall–Kier alpha value is -1.84. The molecule has 0 bridgehead atoms. The van der Waals surface area contributed by atoms with Crippen LogP contribution in [0.2, 0.25) is 0 Å². The zero-order valence-electron chi connectivity index (χ0n) is 8.10. The maximum Gasteiger partial charge on any atom is 0.183 e. The van der Waals surface area contributed by atoms with Gasteiger partial charge in [-0.1, -0.05) is 6.07 Å². The number of fused-ring (bicyclic) bond motifs is 3. The molecule has 0 spiro atoms. The smallest absolute Gasteiger partial charge is 0.183 e. The Morgan fingerprint density at radius 1 is 1.14 bits per heavy atom. The predicted octanol–water partition coefficient (Wildman–Crippen LogP) is 1.53. The summed E-state index contributed by atoms with van der Waals surface area (Å²) in [6.07, 6.45) is 1.98. The fraction of sp³-hybridized carbons (Fsp3) is 0.200. The number of aromatic nitrogens is 4. The minimum Gasteiger partial charge on any atom is -0.315 e. The highest BCUT2D eigenvalue weighted by atomic mass is 15.2. The van der Waals surface area contributed by atoms with E-state index in [1.807, 2.05) is 47.3 Å². The third-order valence-corrected chi connectivity index (χ3v) is 2.56. The molecule has 0 atom stereocenters. The van der Waals surface area contributed by atoms with Gasteiger partial charge in [-0.05, 0) is 19.1 Å². The molecule has 0 aliphatic rings. The van der Waals surface area contributed by atoms with E-state index in [1.165, 1.54) is 0 Å². The number of hydrogen-bond donors (Lipinski definition) is 0. The molecule has 0 saturated heterocycles. The van der Waals surface area contributed by atoms with E-state index in [9.17, 15) is 0 Å². The van der Waals surface area contributed by atoms with Crippen LogP contribution in [0.25, 0.3) is 16.9 Å². The lowest BCUT2D eigenvalue weighted by molar-refractivity contribution is 0.873. The highest BCUT2D eigenvalue weighted by Gasteiger charge is 2.10. The summed E-state index contributed by atoms with van der Waals surface area (Å²) >= 11 is 0. The Kier molecular flexibility index (Phi) is 1.27. The summed E-state index contributed by atoms with van der Waals surface area (Å²) in [6, 6.07) is 5.95. The van der Waals surface area contributed by atoms with Gasteiger partial charge < -0.3 is 4.57 Å². The van der Waals surface area contributed by atoms with Crippen LogP contribution in [0.15, 0.2) is 24.4 Å². The summed E-state index contributed by atoms with van der Waals surface area (Å²) in [6.45, 7) is 1.98. The fourth-order valence-corrected chi connectivity index (χ4v) is 1.68. The van der Waals surface area contributed by atoms with Crippen molar-refractivity contribution in [3.8, 4) is 0 Å². The third kappa shape index (κ3) is 0.775. The molecule has 70 valence electrons. The van der Waals surface area contributed by atoms with Crippen molar-refractivity contribution < 1.29 is 0 Å². The van der Waals surface area contributed by atoms with Crippen molar-refractivity contribution in [3.63, 3.8) is 0 Å². The summed E-state index contributed by atoms with van der Waals surface area (Å²) in [5.41, 5.74) is 2.81. The summed E-state index contributed by atoms with van der Waals surface area (Å²) in [5.74, 6) is 0.987. The SMILES string of the molecule is Cc1nc2c(nc3ccccn32)n1C. The number of pyridine rings is 1. The van der Waals surface area contributed by atoms with Crippen molar-refractivity contribution >= 4 is 16.9 Å². The van der Waals surface area contributed by atoms with Gasteiger partial charge in [0.05, 0.1) is 0 Å². The largest absolute Gasteiger partial charge is 0.315 e. The first-order chi connectivity index (χ1) is 6.77. The third-order valence-electron chi connectivity index (χ3n) is 2.56. The van der Waals surface area contributed by atoms with Crippen molar-refractivity contribution in [2.75, 3.05) is 0 Å². The molecule has 0 radical (unpaired) electrons. The van der Waals surface area contributed by atoms with Crippen molar-refractivity contribution in [2.45, 2.75) is 6.92 Å². The first kappa shape index (κ1) is 7.55. The van der Waals surface area contributed by atoms with Gasteiger partial charge in [-0.15, -0.1) is 0 Å². The van der Waals surface area contributed by atoms with Crippen molar-refractivity contribution in [1.29, 1.82) is 0 Å². The average molecular weight is 186 g/mol. The van der Waals surface area contributed by atoms with Gasteiger partial charge in [0.1, 0.15) is 11.5 Å². The van der Waals surface area contributed by atoms with Crippen LogP contribution in [0.3, 0.4) is 0 Å². The Bertz CT molecular complexity index is 617. The Morgan fingerprint density at radius 3 is 2.86 bits per heavy atom. The molecule has 0 aromatic carbocycles. The van der Waals surface area contributed by atoms with E-state index in [4.69, 9.17) is 0 Å². The average Bonchev–Trinajstić information content (AvgIpc) is 2.67. The van der Waals surface area contributed by atoms with Gasteiger partial charge in [0.25, 0.3) is 0 Å². The monoisotopic (exact) mass is 186 g/mol. The van der Waals surface area contributed by atoms with Gasteiger partial charge in [-0.25, -0.2) is 9.97 Å². The number of nitrogens with zero attached hydrogens (tertiary/aromatic N) is 4. The maximum absolute atomic E-state index is 4.50. The van der Waals surface area contributed by atoms with E-state index in [-0.39, 0.29) is 0 Å². The summed E-state index contributed by atoms with van der Waals surface area (Å²) in [5, 5.41) is 0. The van der Waals surface area contributed by atoms with E-state index in [0.717, 1.165) is 22.8 Å². The van der Waals surface area contributed by atoms with Crippen molar-refractivity contribution in [3.05, 3.63) is 30.2 Å². The number of rotatable bonds is 0. The van der Waals surface area contributed by atoms with E-state index in [0.29, 0.717) is 0 Å². The summed E-state index contributed by atoms with van der Waals surface area (Å²) in [7, 11) is 1.98. The minimum atomic E-state index is 0.931. The highest BCUT2D eigenvalue weighted by Crippen LogP contribution is 2.15. The van der Waals surface area contributed by atoms with Gasteiger partial charge in [-0.2, -0.15) is 0 Å². The first-order valence-corrected chi connectivity index (χ1v) is 4.53. The van der Waals surface area contributed by atoms with E-state index < -0.39 is 0 Å². The van der Waals surface area contributed by atoms with Gasteiger partial charge in [0.15, 0.2) is 11.3 Å². The molecular weight excluding hydrogens is 176 g/mol. The van der Waals surface area contributed by atoms with Crippen LogP contribution in [0.5, 0.6) is 0 Å². The van der Waals surface area contributed by atoms with Gasteiger partial charge in [0.2, 0.25) is 0 Å². The normalized spacial score (nSPS) is 11.6. The molecule has 14 heavy (non-hydrogen) atoms. The first-order valence-electron chi connectivity index (χ1n) is 4.53. The molecule has 0 aliphatic carbocycles. The Balaban J connectivity index is 2.60. The van der Waals surface area contributed by atoms with Crippen LogP contribution in [-0.4, -0.2) is 18.9 Å². The van der Waals surface area contributed by atoms with Gasteiger partial charge >= 0.3 is 0 Å². The van der Waals surface area contributed by atoms with Crippen LogP contribution in [0, 0.1) is 6.92 Å². The molecule has 0 unspecified atom stereocenters. The zero-order valence-corrected chi connectivity index (χ0v) is 8.10. The Labute approximate surface area is 80.8 Å². The van der Waals surface area contributed by atoms with Crippen LogP contribution in [-0.2, 0) is 7.05 Å². The van der Waals surface area contributed by atoms with Crippen LogP contribution in [0.4, 0.5) is 0 Å². The second-order valence-electron chi connectivity index (χ2n) is 3.41. The van der Waals surface area contributed by atoms with Crippen LogP contribution < -0.4 is 0 Å². The summed E-state index contributed by atoms with van der Waals surface area (Å²) in [4.78, 5) is 8.96. The fourth-order valence-electron chi connectivity index (χ4n) is 1.68. The molecule has 0 fully saturated rings.